The maximum Gasteiger partial charge on any atom is 0.374 e. The highest BCUT2D eigenvalue weighted by atomic mass is 35.5. The first-order valence-corrected chi connectivity index (χ1v) is 6.44. The van der Waals surface area contributed by atoms with Gasteiger partial charge >= 0.3 is 5.97 Å². The van der Waals surface area contributed by atoms with Crippen molar-refractivity contribution in [3.05, 3.63) is 53.3 Å². The van der Waals surface area contributed by atoms with Gasteiger partial charge in [0.25, 0.3) is 0 Å². The minimum atomic E-state index is -1.16. The first-order chi connectivity index (χ1) is 10.1. The molecular formula is C14H10ClN3O3. The van der Waals surface area contributed by atoms with Crippen LogP contribution in [0.1, 0.15) is 16.4 Å². The summed E-state index contributed by atoms with van der Waals surface area (Å²) in [5.74, 6) is -0.555. The van der Waals surface area contributed by atoms with E-state index >= 15 is 0 Å². The summed E-state index contributed by atoms with van der Waals surface area (Å²) in [7, 11) is 0. The predicted octanol–water partition coefficient (Wildman–Crippen LogP) is 3.19. The molecule has 0 saturated heterocycles. The Morgan fingerprint density at radius 2 is 2.19 bits per heavy atom. The highest BCUT2D eigenvalue weighted by Crippen LogP contribution is 2.28. The van der Waals surface area contributed by atoms with E-state index in [0.29, 0.717) is 16.3 Å². The number of aromatic carboxylic acids is 1. The average Bonchev–Trinajstić information content (AvgIpc) is 3.07. The summed E-state index contributed by atoms with van der Waals surface area (Å²) in [4.78, 5) is 14.9. The van der Waals surface area contributed by atoms with Gasteiger partial charge in [0.2, 0.25) is 5.76 Å². The fourth-order valence-electron chi connectivity index (χ4n) is 2.01. The van der Waals surface area contributed by atoms with Crippen molar-refractivity contribution in [1.29, 1.82) is 0 Å². The molecule has 0 aliphatic carbocycles. The van der Waals surface area contributed by atoms with Crippen LogP contribution in [0.15, 0.2) is 41.2 Å². The highest BCUT2D eigenvalue weighted by Gasteiger charge is 2.14. The van der Waals surface area contributed by atoms with Gasteiger partial charge < -0.3 is 14.2 Å². The van der Waals surface area contributed by atoms with Crippen LogP contribution in [-0.2, 0) is 0 Å². The quantitative estimate of drug-likeness (QED) is 0.803. The van der Waals surface area contributed by atoms with E-state index in [4.69, 9.17) is 21.2 Å². The topological polar surface area (TPSA) is 81.2 Å². The lowest BCUT2D eigenvalue weighted by molar-refractivity contribution is 0.0652. The lowest BCUT2D eigenvalue weighted by Gasteiger charge is -2.08. The second-order valence-corrected chi connectivity index (χ2v) is 4.80. The number of carboxylic acids is 1. The van der Waals surface area contributed by atoms with Crippen molar-refractivity contribution in [3.8, 4) is 16.9 Å². The number of hydrogen-bond acceptors (Lipinski definition) is 4. The van der Waals surface area contributed by atoms with Crippen LogP contribution < -0.4 is 0 Å². The smallest absolute Gasteiger partial charge is 0.374 e. The summed E-state index contributed by atoms with van der Waals surface area (Å²) >= 11 is 6.29. The monoisotopic (exact) mass is 303 g/mol. The van der Waals surface area contributed by atoms with Gasteiger partial charge in [-0.25, -0.2) is 9.78 Å². The van der Waals surface area contributed by atoms with Gasteiger partial charge in [0, 0.05) is 24.0 Å². The van der Waals surface area contributed by atoms with Crippen LogP contribution in [0.3, 0.4) is 0 Å². The van der Waals surface area contributed by atoms with Gasteiger partial charge in [0.15, 0.2) is 0 Å². The number of carboxylic acid groups (broad SMARTS) is 1. The Labute approximate surface area is 124 Å². The third kappa shape index (κ3) is 2.41. The first-order valence-electron chi connectivity index (χ1n) is 6.06. The molecule has 0 radical (unpaired) electrons. The molecule has 1 aromatic carbocycles. The van der Waals surface area contributed by atoms with E-state index in [-0.39, 0.29) is 5.76 Å². The minimum Gasteiger partial charge on any atom is -0.475 e. The summed E-state index contributed by atoms with van der Waals surface area (Å²) in [5, 5.41) is 13.1. The van der Waals surface area contributed by atoms with Crippen molar-refractivity contribution in [2.75, 3.05) is 0 Å². The zero-order valence-corrected chi connectivity index (χ0v) is 11.7. The number of imidazole rings is 1. The molecule has 0 bridgehead atoms. The summed E-state index contributed by atoms with van der Waals surface area (Å²) in [6.45, 7) is 1.88. The second kappa shape index (κ2) is 5.06. The fraction of sp³-hybridized carbons (Fsp3) is 0.0714. The van der Waals surface area contributed by atoms with E-state index in [9.17, 15) is 4.79 Å². The summed E-state index contributed by atoms with van der Waals surface area (Å²) in [5.41, 5.74) is 1.89. The summed E-state index contributed by atoms with van der Waals surface area (Å²) in [6, 6.07) is 6.68. The molecule has 0 fully saturated rings. The third-order valence-corrected chi connectivity index (χ3v) is 3.35. The van der Waals surface area contributed by atoms with Crippen LogP contribution in [0.4, 0.5) is 0 Å². The minimum absolute atomic E-state index is 0.212. The maximum atomic E-state index is 10.8. The van der Waals surface area contributed by atoms with E-state index in [2.05, 4.69) is 10.1 Å². The Balaban J connectivity index is 2.01. The lowest BCUT2D eigenvalue weighted by atomic mass is 10.1. The average molecular weight is 304 g/mol. The Morgan fingerprint density at radius 3 is 2.76 bits per heavy atom. The number of rotatable bonds is 3. The van der Waals surface area contributed by atoms with Crippen LogP contribution >= 0.6 is 11.6 Å². The summed E-state index contributed by atoms with van der Waals surface area (Å²) in [6.07, 6.45) is 3.51. The number of carbonyl (C=O) groups is 1. The number of halogens is 1. The molecule has 6 nitrogen and oxygen atoms in total. The molecule has 2 heterocycles. The van der Waals surface area contributed by atoms with Gasteiger partial charge in [-0.15, -0.1) is 0 Å². The van der Waals surface area contributed by atoms with E-state index in [1.807, 2.05) is 23.8 Å². The molecule has 0 saturated carbocycles. The first kappa shape index (κ1) is 13.4. The van der Waals surface area contributed by atoms with Crippen LogP contribution in [0.2, 0.25) is 5.02 Å². The molecule has 0 unspecified atom stereocenters. The van der Waals surface area contributed by atoms with Crippen LogP contribution in [0.25, 0.3) is 16.9 Å². The normalized spacial score (nSPS) is 10.8. The van der Waals surface area contributed by atoms with E-state index in [0.717, 1.165) is 11.5 Å². The van der Waals surface area contributed by atoms with Gasteiger partial charge in [-0.05, 0) is 19.1 Å². The Morgan fingerprint density at radius 1 is 1.38 bits per heavy atom. The molecule has 2 aromatic heterocycles. The number of aryl methyl sites for hydroxylation is 1. The molecule has 21 heavy (non-hydrogen) atoms. The number of benzene rings is 1. The maximum absolute atomic E-state index is 10.8. The Hall–Kier alpha value is -2.60. The van der Waals surface area contributed by atoms with Crippen molar-refractivity contribution in [1.82, 2.24) is 14.7 Å². The molecule has 3 rings (SSSR count). The molecule has 0 amide bonds. The largest absolute Gasteiger partial charge is 0.475 e. The molecule has 0 atom stereocenters. The van der Waals surface area contributed by atoms with Gasteiger partial charge in [0.05, 0.1) is 10.7 Å². The molecule has 1 N–H and O–H groups in total. The number of hydrogen-bond donors (Lipinski definition) is 1. The molecule has 0 aliphatic heterocycles. The van der Waals surface area contributed by atoms with Crippen LogP contribution in [0, 0.1) is 6.92 Å². The van der Waals surface area contributed by atoms with E-state index in [1.165, 1.54) is 6.07 Å². The Bertz CT molecular complexity index is 822. The van der Waals surface area contributed by atoms with Crippen molar-refractivity contribution in [2.24, 2.45) is 0 Å². The standard InChI is InChI=1S/C14H10ClN3O3/c1-8-16-4-5-18(8)12-3-2-9(6-10(12)15)11-7-13(14(19)20)21-17-11/h2-7H,1H3,(H,19,20). The predicted molar refractivity (Wildman–Crippen MR) is 75.8 cm³/mol. The zero-order valence-electron chi connectivity index (χ0n) is 10.9. The van der Waals surface area contributed by atoms with Crippen molar-refractivity contribution in [3.63, 3.8) is 0 Å². The van der Waals surface area contributed by atoms with E-state index < -0.39 is 5.97 Å². The van der Waals surface area contributed by atoms with Gasteiger partial charge in [-0.3, -0.25) is 0 Å². The second-order valence-electron chi connectivity index (χ2n) is 4.39. The highest BCUT2D eigenvalue weighted by molar-refractivity contribution is 6.32. The molecule has 0 spiro atoms. The number of aromatic nitrogens is 3. The summed E-state index contributed by atoms with van der Waals surface area (Å²) < 4.78 is 6.59. The SMILES string of the molecule is Cc1nccn1-c1ccc(-c2cc(C(=O)O)on2)cc1Cl. The fourth-order valence-corrected chi connectivity index (χ4v) is 2.28. The third-order valence-electron chi connectivity index (χ3n) is 3.05. The van der Waals surface area contributed by atoms with Gasteiger partial charge in [0.1, 0.15) is 11.5 Å². The molecule has 106 valence electrons. The lowest BCUT2D eigenvalue weighted by Crippen LogP contribution is -1.96. The Kier molecular flexibility index (Phi) is 3.23. The van der Waals surface area contributed by atoms with Crippen molar-refractivity contribution < 1.29 is 14.4 Å². The molecule has 0 aliphatic rings. The van der Waals surface area contributed by atoms with E-state index in [1.54, 1.807) is 18.3 Å². The van der Waals surface area contributed by atoms with Gasteiger partial charge in [-0.1, -0.05) is 22.8 Å². The van der Waals surface area contributed by atoms with Gasteiger partial charge in [-0.2, -0.15) is 0 Å². The van der Waals surface area contributed by atoms with Crippen molar-refractivity contribution in [2.45, 2.75) is 6.92 Å². The van der Waals surface area contributed by atoms with Crippen LogP contribution in [0.5, 0.6) is 0 Å². The molecule has 3 aromatic rings. The number of nitrogens with zero attached hydrogens (tertiary/aromatic N) is 3. The molecular weight excluding hydrogens is 294 g/mol. The molecule has 7 heteroatoms. The van der Waals surface area contributed by atoms with Crippen molar-refractivity contribution >= 4 is 17.6 Å². The zero-order chi connectivity index (χ0) is 15.0. The van der Waals surface area contributed by atoms with Crippen LogP contribution in [-0.4, -0.2) is 25.8 Å².